The van der Waals surface area contributed by atoms with Crippen LogP contribution >= 0.6 is 11.6 Å². The van der Waals surface area contributed by atoms with Crippen LogP contribution in [0.2, 0.25) is 5.02 Å². The molecule has 158 valence electrons. The average Bonchev–Trinajstić information content (AvgIpc) is 2.69. The molecular formula is C21H27ClN2O4S. The Morgan fingerprint density at radius 2 is 1.72 bits per heavy atom. The molecule has 8 heteroatoms. The van der Waals surface area contributed by atoms with E-state index in [0.29, 0.717) is 17.1 Å². The maximum absolute atomic E-state index is 12.7. The van der Waals surface area contributed by atoms with Gasteiger partial charge in [-0.1, -0.05) is 37.6 Å². The Morgan fingerprint density at radius 1 is 1.10 bits per heavy atom. The Labute approximate surface area is 177 Å². The van der Waals surface area contributed by atoms with Crippen LogP contribution in [0.25, 0.3) is 0 Å². The van der Waals surface area contributed by atoms with Crippen LogP contribution in [0, 0.1) is 0 Å². The fourth-order valence-corrected chi connectivity index (χ4v) is 4.27. The molecule has 2 aromatic rings. The fraction of sp³-hybridized carbons (Fsp3) is 0.381. The molecule has 0 spiro atoms. The number of amides is 1. The van der Waals surface area contributed by atoms with E-state index < -0.39 is 16.1 Å². The molecule has 0 heterocycles. The summed E-state index contributed by atoms with van der Waals surface area (Å²) in [5.41, 5.74) is 1.62. The number of nitrogens with one attached hydrogen (secondary N) is 1. The van der Waals surface area contributed by atoms with E-state index in [4.69, 9.17) is 16.3 Å². The minimum Gasteiger partial charge on any atom is -0.492 e. The lowest BCUT2D eigenvalue weighted by molar-refractivity contribution is -0.122. The summed E-state index contributed by atoms with van der Waals surface area (Å²) in [6.07, 6.45) is 2.36. The number of aryl methyl sites for hydroxylation is 1. The van der Waals surface area contributed by atoms with E-state index in [0.717, 1.165) is 22.7 Å². The smallest absolute Gasteiger partial charge is 0.244 e. The zero-order valence-electron chi connectivity index (χ0n) is 16.9. The van der Waals surface area contributed by atoms with E-state index in [1.807, 2.05) is 24.3 Å². The molecule has 0 radical (unpaired) electrons. The van der Waals surface area contributed by atoms with E-state index in [1.165, 1.54) is 5.56 Å². The molecule has 1 unspecified atom stereocenters. The molecule has 0 fully saturated rings. The maximum Gasteiger partial charge on any atom is 0.244 e. The molecule has 0 saturated carbocycles. The lowest BCUT2D eigenvalue weighted by Gasteiger charge is -2.30. The topological polar surface area (TPSA) is 75.7 Å². The SMILES string of the molecule is CCc1ccc(OCCNC(=O)C(CC)N(c2ccc(Cl)cc2)S(C)(=O)=O)cc1. The first-order valence-electron chi connectivity index (χ1n) is 9.50. The van der Waals surface area contributed by atoms with Crippen molar-refractivity contribution in [2.24, 2.45) is 0 Å². The normalized spacial score (nSPS) is 12.3. The van der Waals surface area contributed by atoms with Gasteiger partial charge in [-0.3, -0.25) is 9.10 Å². The molecule has 29 heavy (non-hydrogen) atoms. The lowest BCUT2D eigenvalue weighted by Crippen LogP contribution is -2.50. The van der Waals surface area contributed by atoms with Crippen molar-refractivity contribution >= 4 is 33.2 Å². The van der Waals surface area contributed by atoms with E-state index >= 15 is 0 Å². The molecule has 0 saturated heterocycles. The third kappa shape index (κ3) is 6.65. The number of ether oxygens (including phenoxy) is 1. The van der Waals surface area contributed by atoms with Gasteiger partial charge in [0.25, 0.3) is 0 Å². The number of anilines is 1. The predicted octanol–water partition coefficient (Wildman–Crippen LogP) is 3.64. The fourth-order valence-electron chi connectivity index (χ4n) is 2.93. The highest BCUT2D eigenvalue weighted by atomic mass is 35.5. The minimum absolute atomic E-state index is 0.267. The molecule has 2 aromatic carbocycles. The highest BCUT2D eigenvalue weighted by Crippen LogP contribution is 2.24. The molecule has 1 atom stereocenters. The highest BCUT2D eigenvalue weighted by Gasteiger charge is 2.31. The molecule has 0 bridgehead atoms. The van der Waals surface area contributed by atoms with Crippen molar-refractivity contribution in [1.82, 2.24) is 5.32 Å². The summed E-state index contributed by atoms with van der Waals surface area (Å²) in [5, 5.41) is 3.25. The monoisotopic (exact) mass is 438 g/mol. The van der Waals surface area contributed by atoms with Crippen molar-refractivity contribution in [3.05, 3.63) is 59.1 Å². The van der Waals surface area contributed by atoms with Crippen molar-refractivity contribution in [2.75, 3.05) is 23.7 Å². The zero-order chi connectivity index (χ0) is 21.4. The van der Waals surface area contributed by atoms with Gasteiger partial charge in [0.05, 0.1) is 18.5 Å². The van der Waals surface area contributed by atoms with Gasteiger partial charge in [0.15, 0.2) is 0 Å². The number of carbonyl (C=O) groups excluding carboxylic acids is 1. The first-order chi connectivity index (χ1) is 13.8. The molecular weight excluding hydrogens is 412 g/mol. The Kier molecular flexibility index (Phi) is 8.34. The van der Waals surface area contributed by atoms with Crippen LogP contribution in [-0.2, 0) is 21.2 Å². The van der Waals surface area contributed by atoms with Crippen LogP contribution in [0.4, 0.5) is 5.69 Å². The second-order valence-corrected chi connectivity index (χ2v) is 8.89. The van der Waals surface area contributed by atoms with Crippen molar-refractivity contribution in [2.45, 2.75) is 32.7 Å². The Bertz CT molecular complexity index is 899. The number of carbonyl (C=O) groups is 1. The molecule has 2 rings (SSSR count). The number of hydrogen-bond donors (Lipinski definition) is 1. The molecule has 0 aromatic heterocycles. The standard InChI is InChI=1S/C21H27ClN2O4S/c1-4-16-6-12-19(13-7-16)28-15-14-23-21(25)20(5-2)24(29(3,26)27)18-10-8-17(22)9-11-18/h6-13,20H,4-5,14-15H2,1-3H3,(H,23,25). The first kappa shape index (κ1) is 23.0. The number of rotatable bonds is 10. The maximum atomic E-state index is 12.7. The van der Waals surface area contributed by atoms with Crippen molar-refractivity contribution in [3.63, 3.8) is 0 Å². The molecule has 0 aliphatic rings. The summed E-state index contributed by atoms with van der Waals surface area (Å²) in [6, 6.07) is 13.3. The Hall–Kier alpha value is -2.25. The van der Waals surface area contributed by atoms with Gasteiger partial charge in [-0.25, -0.2) is 8.42 Å². The largest absolute Gasteiger partial charge is 0.492 e. The summed E-state index contributed by atoms with van der Waals surface area (Å²) < 4.78 is 31.5. The Morgan fingerprint density at radius 3 is 2.24 bits per heavy atom. The summed E-state index contributed by atoms with van der Waals surface area (Å²) >= 11 is 5.90. The van der Waals surface area contributed by atoms with Gasteiger partial charge >= 0.3 is 0 Å². The van der Waals surface area contributed by atoms with E-state index in [-0.39, 0.29) is 19.1 Å². The van der Waals surface area contributed by atoms with Gasteiger partial charge in [0, 0.05) is 5.02 Å². The molecule has 6 nitrogen and oxygen atoms in total. The van der Waals surface area contributed by atoms with Gasteiger partial charge in [-0.15, -0.1) is 0 Å². The third-order valence-electron chi connectivity index (χ3n) is 4.41. The molecule has 0 aliphatic heterocycles. The van der Waals surface area contributed by atoms with E-state index in [9.17, 15) is 13.2 Å². The highest BCUT2D eigenvalue weighted by molar-refractivity contribution is 7.92. The summed E-state index contributed by atoms with van der Waals surface area (Å²) in [7, 11) is -3.67. The van der Waals surface area contributed by atoms with Crippen LogP contribution < -0.4 is 14.4 Å². The van der Waals surface area contributed by atoms with Gasteiger partial charge in [0.1, 0.15) is 18.4 Å². The number of benzene rings is 2. The van der Waals surface area contributed by atoms with E-state index in [2.05, 4.69) is 12.2 Å². The zero-order valence-corrected chi connectivity index (χ0v) is 18.5. The number of halogens is 1. The van der Waals surface area contributed by atoms with Crippen LogP contribution in [0.15, 0.2) is 48.5 Å². The third-order valence-corrected chi connectivity index (χ3v) is 5.84. The average molecular weight is 439 g/mol. The molecule has 1 amide bonds. The van der Waals surface area contributed by atoms with Crippen LogP contribution in [0.1, 0.15) is 25.8 Å². The number of hydrogen-bond acceptors (Lipinski definition) is 4. The lowest BCUT2D eigenvalue weighted by atomic mass is 10.2. The minimum atomic E-state index is -3.67. The summed E-state index contributed by atoms with van der Waals surface area (Å²) in [5.74, 6) is 0.347. The van der Waals surface area contributed by atoms with Crippen LogP contribution in [-0.4, -0.2) is 39.8 Å². The number of nitrogens with zero attached hydrogens (tertiary/aromatic N) is 1. The predicted molar refractivity (Wildman–Crippen MR) is 117 cm³/mol. The molecule has 1 N–H and O–H groups in total. The first-order valence-corrected chi connectivity index (χ1v) is 11.7. The summed E-state index contributed by atoms with van der Waals surface area (Å²) in [6.45, 7) is 4.40. The summed E-state index contributed by atoms with van der Waals surface area (Å²) in [4.78, 5) is 12.7. The second kappa shape index (κ2) is 10.5. The van der Waals surface area contributed by atoms with E-state index in [1.54, 1.807) is 31.2 Å². The molecule has 0 aliphatic carbocycles. The van der Waals surface area contributed by atoms with Crippen molar-refractivity contribution < 1.29 is 17.9 Å². The van der Waals surface area contributed by atoms with Crippen molar-refractivity contribution in [3.8, 4) is 5.75 Å². The van der Waals surface area contributed by atoms with Gasteiger partial charge in [-0.05, 0) is 54.8 Å². The number of sulfonamides is 1. The van der Waals surface area contributed by atoms with Gasteiger partial charge in [0.2, 0.25) is 15.9 Å². The Balaban J connectivity index is 2.00. The second-order valence-electron chi connectivity index (χ2n) is 6.60. The van der Waals surface area contributed by atoms with Gasteiger partial charge in [-0.2, -0.15) is 0 Å². The van der Waals surface area contributed by atoms with Crippen molar-refractivity contribution in [1.29, 1.82) is 0 Å². The van der Waals surface area contributed by atoms with Crippen LogP contribution in [0.3, 0.4) is 0 Å². The van der Waals surface area contributed by atoms with Gasteiger partial charge < -0.3 is 10.1 Å². The quantitative estimate of drug-likeness (QED) is 0.574. The van der Waals surface area contributed by atoms with Crippen LogP contribution in [0.5, 0.6) is 5.75 Å².